The van der Waals surface area contributed by atoms with E-state index in [0.717, 1.165) is 11.3 Å². The number of carbonyl (C=O) groups is 2. The van der Waals surface area contributed by atoms with E-state index in [1.807, 2.05) is 37.3 Å². The monoisotopic (exact) mass is 312 g/mol. The zero-order chi connectivity index (χ0) is 16.7. The van der Waals surface area contributed by atoms with Crippen LogP contribution in [0, 0.1) is 0 Å². The molecule has 0 aliphatic rings. The SMILES string of the molecule is CCOc1ccc(CC(NC(=O)c2ccccc2)C(N)=O)cc1. The number of primary amides is 1. The topological polar surface area (TPSA) is 81.4 Å². The molecular weight excluding hydrogens is 292 g/mol. The highest BCUT2D eigenvalue weighted by molar-refractivity contribution is 5.97. The van der Waals surface area contributed by atoms with Crippen LogP contribution in [-0.4, -0.2) is 24.5 Å². The predicted octanol–water partition coefficient (Wildman–Crippen LogP) is 1.91. The predicted molar refractivity (Wildman–Crippen MR) is 88.2 cm³/mol. The Labute approximate surface area is 135 Å². The van der Waals surface area contributed by atoms with Crippen LogP contribution in [0.4, 0.5) is 0 Å². The van der Waals surface area contributed by atoms with Crippen LogP contribution < -0.4 is 15.8 Å². The molecule has 120 valence electrons. The van der Waals surface area contributed by atoms with E-state index >= 15 is 0 Å². The molecule has 0 radical (unpaired) electrons. The van der Waals surface area contributed by atoms with E-state index in [9.17, 15) is 9.59 Å². The molecule has 5 heteroatoms. The molecule has 0 fully saturated rings. The van der Waals surface area contributed by atoms with Crippen LogP contribution in [0.25, 0.3) is 0 Å². The van der Waals surface area contributed by atoms with Gasteiger partial charge < -0.3 is 15.8 Å². The lowest BCUT2D eigenvalue weighted by Crippen LogP contribution is -2.45. The molecule has 23 heavy (non-hydrogen) atoms. The number of benzene rings is 2. The minimum atomic E-state index is -0.763. The normalized spacial score (nSPS) is 11.5. The standard InChI is InChI=1S/C18H20N2O3/c1-2-23-15-10-8-13(9-11-15)12-16(17(19)21)20-18(22)14-6-4-3-5-7-14/h3-11,16H,2,12H2,1H3,(H2,19,21)(H,20,22). The average Bonchev–Trinajstić information content (AvgIpc) is 2.57. The minimum absolute atomic E-state index is 0.319. The maximum absolute atomic E-state index is 12.2. The van der Waals surface area contributed by atoms with Gasteiger partial charge in [0.25, 0.3) is 5.91 Å². The fraction of sp³-hybridized carbons (Fsp3) is 0.222. The van der Waals surface area contributed by atoms with Gasteiger partial charge in [-0.25, -0.2) is 0 Å². The van der Waals surface area contributed by atoms with E-state index in [1.165, 1.54) is 0 Å². The first-order valence-electron chi connectivity index (χ1n) is 7.47. The average molecular weight is 312 g/mol. The second-order valence-corrected chi connectivity index (χ2v) is 5.08. The van der Waals surface area contributed by atoms with Crippen molar-refractivity contribution in [3.8, 4) is 5.75 Å². The van der Waals surface area contributed by atoms with E-state index in [2.05, 4.69) is 5.32 Å². The Morgan fingerprint density at radius 3 is 2.30 bits per heavy atom. The second-order valence-electron chi connectivity index (χ2n) is 5.08. The van der Waals surface area contributed by atoms with E-state index in [1.54, 1.807) is 24.3 Å². The Kier molecular flexibility index (Phi) is 5.74. The molecule has 1 unspecified atom stereocenters. The van der Waals surface area contributed by atoms with Crippen molar-refractivity contribution < 1.29 is 14.3 Å². The smallest absolute Gasteiger partial charge is 0.251 e. The Morgan fingerprint density at radius 1 is 1.09 bits per heavy atom. The van der Waals surface area contributed by atoms with E-state index in [0.29, 0.717) is 18.6 Å². The molecule has 2 amide bonds. The van der Waals surface area contributed by atoms with Crippen molar-refractivity contribution in [2.24, 2.45) is 5.73 Å². The van der Waals surface area contributed by atoms with Gasteiger partial charge >= 0.3 is 0 Å². The van der Waals surface area contributed by atoms with Gasteiger partial charge in [0.1, 0.15) is 11.8 Å². The van der Waals surface area contributed by atoms with Gasteiger partial charge in [0.2, 0.25) is 5.91 Å². The van der Waals surface area contributed by atoms with E-state index < -0.39 is 11.9 Å². The summed E-state index contributed by atoms with van der Waals surface area (Å²) >= 11 is 0. The highest BCUT2D eigenvalue weighted by Crippen LogP contribution is 2.13. The molecular formula is C18H20N2O3. The lowest BCUT2D eigenvalue weighted by molar-refractivity contribution is -0.119. The quantitative estimate of drug-likeness (QED) is 0.819. The number of hydrogen-bond acceptors (Lipinski definition) is 3. The number of ether oxygens (including phenoxy) is 1. The first kappa shape index (κ1) is 16.5. The number of carbonyl (C=O) groups excluding carboxylic acids is 2. The molecule has 0 saturated heterocycles. The molecule has 5 nitrogen and oxygen atoms in total. The highest BCUT2D eigenvalue weighted by Gasteiger charge is 2.19. The van der Waals surface area contributed by atoms with Crippen LogP contribution in [0.5, 0.6) is 5.75 Å². The molecule has 0 saturated carbocycles. The second kappa shape index (κ2) is 7.98. The van der Waals surface area contributed by atoms with Crippen molar-refractivity contribution in [1.82, 2.24) is 5.32 Å². The van der Waals surface area contributed by atoms with Crippen molar-refractivity contribution in [3.05, 3.63) is 65.7 Å². The van der Waals surface area contributed by atoms with Crippen molar-refractivity contribution >= 4 is 11.8 Å². The van der Waals surface area contributed by atoms with Crippen molar-refractivity contribution in [2.75, 3.05) is 6.61 Å². The summed E-state index contributed by atoms with van der Waals surface area (Å²) in [5.41, 5.74) is 6.80. The summed E-state index contributed by atoms with van der Waals surface area (Å²) in [5.74, 6) is -0.122. The summed E-state index contributed by atoms with van der Waals surface area (Å²) in [6.45, 7) is 2.51. The van der Waals surface area contributed by atoms with Gasteiger partial charge in [0, 0.05) is 12.0 Å². The zero-order valence-electron chi connectivity index (χ0n) is 13.0. The molecule has 0 aromatic heterocycles. The fourth-order valence-electron chi connectivity index (χ4n) is 2.18. The summed E-state index contributed by atoms with van der Waals surface area (Å²) in [4.78, 5) is 23.8. The van der Waals surface area contributed by atoms with E-state index in [4.69, 9.17) is 10.5 Å². The Bertz CT molecular complexity index is 654. The first-order chi connectivity index (χ1) is 11.1. The van der Waals surface area contributed by atoms with Crippen molar-refractivity contribution in [1.29, 1.82) is 0 Å². The third-order valence-corrected chi connectivity index (χ3v) is 3.36. The van der Waals surface area contributed by atoms with Crippen LogP contribution in [0.1, 0.15) is 22.8 Å². The third kappa shape index (κ3) is 4.85. The number of nitrogens with two attached hydrogens (primary N) is 1. The number of nitrogens with one attached hydrogen (secondary N) is 1. The molecule has 2 aromatic rings. The van der Waals surface area contributed by atoms with Gasteiger partial charge in [-0.3, -0.25) is 9.59 Å². The largest absolute Gasteiger partial charge is 0.494 e. The Morgan fingerprint density at radius 2 is 1.74 bits per heavy atom. The maximum Gasteiger partial charge on any atom is 0.251 e. The summed E-state index contributed by atoms with van der Waals surface area (Å²) in [5, 5.41) is 2.68. The van der Waals surface area contributed by atoms with Crippen molar-refractivity contribution in [3.63, 3.8) is 0 Å². The third-order valence-electron chi connectivity index (χ3n) is 3.36. The summed E-state index contributed by atoms with van der Waals surface area (Å²) in [6, 6.07) is 15.3. The molecule has 0 aliphatic carbocycles. The number of amides is 2. The lowest BCUT2D eigenvalue weighted by atomic mass is 10.0. The summed E-state index contributed by atoms with van der Waals surface area (Å²) in [6.07, 6.45) is 0.334. The highest BCUT2D eigenvalue weighted by atomic mass is 16.5. The van der Waals surface area contributed by atoms with Crippen molar-refractivity contribution in [2.45, 2.75) is 19.4 Å². The van der Waals surface area contributed by atoms with Gasteiger partial charge in [-0.2, -0.15) is 0 Å². The van der Waals surface area contributed by atoms with Crippen LogP contribution in [0.15, 0.2) is 54.6 Å². The molecule has 0 bridgehead atoms. The minimum Gasteiger partial charge on any atom is -0.494 e. The first-order valence-corrected chi connectivity index (χ1v) is 7.47. The molecule has 0 heterocycles. The van der Waals surface area contributed by atoms with E-state index in [-0.39, 0.29) is 5.91 Å². The Hall–Kier alpha value is -2.82. The summed E-state index contributed by atoms with van der Waals surface area (Å²) < 4.78 is 5.37. The summed E-state index contributed by atoms with van der Waals surface area (Å²) in [7, 11) is 0. The molecule has 3 N–H and O–H groups in total. The number of hydrogen-bond donors (Lipinski definition) is 2. The molecule has 1 atom stereocenters. The van der Waals surface area contributed by atoms with Gasteiger partial charge in [0.05, 0.1) is 6.61 Å². The number of rotatable bonds is 7. The van der Waals surface area contributed by atoms with Gasteiger partial charge in [-0.15, -0.1) is 0 Å². The molecule has 2 rings (SSSR count). The van der Waals surface area contributed by atoms with Crippen LogP contribution >= 0.6 is 0 Å². The zero-order valence-corrected chi connectivity index (χ0v) is 13.0. The fourth-order valence-corrected chi connectivity index (χ4v) is 2.18. The molecule has 0 aliphatic heterocycles. The maximum atomic E-state index is 12.2. The lowest BCUT2D eigenvalue weighted by Gasteiger charge is -2.16. The van der Waals surface area contributed by atoms with Gasteiger partial charge in [0.15, 0.2) is 0 Å². The van der Waals surface area contributed by atoms with Crippen LogP contribution in [0.2, 0.25) is 0 Å². The van der Waals surface area contributed by atoms with Gasteiger partial charge in [-0.1, -0.05) is 30.3 Å². The van der Waals surface area contributed by atoms with Crippen LogP contribution in [-0.2, 0) is 11.2 Å². The molecule has 0 spiro atoms. The van der Waals surface area contributed by atoms with Gasteiger partial charge in [-0.05, 0) is 36.8 Å². The Balaban J connectivity index is 2.04. The molecule has 2 aromatic carbocycles. The van der Waals surface area contributed by atoms with Crippen LogP contribution in [0.3, 0.4) is 0 Å².